The predicted molar refractivity (Wildman–Crippen MR) is 118 cm³/mol. The minimum absolute atomic E-state index is 0.0303. The van der Waals surface area contributed by atoms with Gasteiger partial charge in [0.05, 0.1) is 17.3 Å². The maximum Gasteiger partial charge on any atom is 0.407 e. The first-order valence-corrected chi connectivity index (χ1v) is 10.8. The summed E-state index contributed by atoms with van der Waals surface area (Å²) in [6.45, 7) is 5.49. The smallest absolute Gasteiger partial charge is 0.407 e. The second-order valence-corrected chi connectivity index (χ2v) is 9.12. The van der Waals surface area contributed by atoms with E-state index in [2.05, 4.69) is 21.4 Å². The summed E-state index contributed by atoms with van der Waals surface area (Å²) in [5.74, 6) is 0.134. The van der Waals surface area contributed by atoms with Gasteiger partial charge in [0.15, 0.2) is 0 Å². The summed E-state index contributed by atoms with van der Waals surface area (Å²) >= 11 is 0. The zero-order chi connectivity index (χ0) is 22.9. The number of hydrogen-bond acceptors (Lipinski definition) is 5. The van der Waals surface area contributed by atoms with Gasteiger partial charge in [-0.1, -0.05) is 12.1 Å². The summed E-state index contributed by atoms with van der Waals surface area (Å²) < 4.78 is 22.1. The van der Waals surface area contributed by atoms with Crippen LogP contribution in [0.1, 0.15) is 58.2 Å². The lowest BCUT2D eigenvalue weighted by Crippen LogP contribution is -2.41. The van der Waals surface area contributed by atoms with E-state index in [0.717, 1.165) is 24.8 Å². The Kier molecular flexibility index (Phi) is 5.83. The molecule has 32 heavy (non-hydrogen) atoms. The van der Waals surface area contributed by atoms with Gasteiger partial charge in [0.1, 0.15) is 34.5 Å². The van der Waals surface area contributed by atoms with Crippen LogP contribution in [0.5, 0.6) is 0 Å². The third-order valence-electron chi connectivity index (χ3n) is 5.54. The fourth-order valence-electron chi connectivity index (χ4n) is 4.27. The Hall–Kier alpha value is -3.47. The van der Waals surface area contributed by atoms with Crippen LogP contribution in [-0.2, 0) is 4.74 Å². The number of amides is 1. The molecule has 166 valence electrons. The molecule has 7 nitrogen and oxygen atoms in total. The van der Waals surface area contributed by atoms with Crippen molar-refractivity contribution in [2.45, 2.75) is 64.1 Å². The number of rotatable bonds is 3. The van der Waals surface area contributed by atoms with Gasteiger partial charge in [0.25, 0.3) is 0 Å². The molecule has 1 aliphatic rings. The van der Waals surface area contributed by atoms with Crippen molar-refractivity contribution in [3.63, 3.8) is 0 Å². The van der Waals surface area contributed by atoms with Crippen molar-refractivity contribution < 1.29 is 13.9 Å². The molecule has 4 rings (SSSR count). The number of benzene rings is 1. The number of nitrogens with one attached hydrogen (secondary N) is 1. The molecule has 0 aliphatic heterocycles. The predicted octanol–water partition coefficient (Wildman–Crippen LogP) is 5.12. The third kappa shape index (κ3) is 4.57. The quantitative estimate of drug-likeness (QED) is 0.617. The topological polar surface area (TPSA) is 92.8 Å². The molecular weight excluding hydrogens is 409 g/mol. The second kappa shape index (κ2) is 8.58. The van der Waals surface area contributed by atoms with Gasteiger partial charge < -0.3 is 14.6 Å². The van der Waals surface area contributed by atoms with Gasteiger partial charge in [-0.3, -0.25) is 0 Å². The summed E-state index contributed by atoms with van der Waals surface area (Å²) in [5, 5.41) is 12.3. The Morgan fingerprint density at radius 2 is 2.09 bits per heavy atom. The largest absolute Gasteiger partial charge is 0.444 e. The number of nitriles is 1. The van der Waals surface area contributed by atoms with E-state index in [4.69, 9.17) is 4.74 Å². The highest BCUT2D eigenvalue weighted by atomic mass is 19.1. The summed E-state index contributed by atoms with van der Waals surface area (Å²) in [4.78, 5) is 21.1. The van der Waals surface area contributed by atoms with Crippen molar-refractivity contribution in [1.82, 2.24) is 19.9 Å². The van der Waals surface area contributed by atoms with Crippen LogP contribution >= 0.6 is 0 Å². The van der Waals surface area contributed by atoms with Gasteiger partial charge in [-0.15, -0.1) is 0 Å². The highest BCUT2D eigenvalue weighted by Gasteiger charge is 2.30. The average molecular weight is 436 g/mol. The van der Waals surface area contributed by atoms with Crippen molar-refractivity contribution >= 4 is 17.1 Å². The van der Waals surface area contributed by atoms with Crippen LogP contribution < -0.4 is 5.32 Å². The van der Waals surface area contributed by atoms with Crippen molar-refractivity contribution in [3.05, 3.63) is 48.0 Å². The Balaban J connectivity index is 1.72. The first-order valence-electron chi connectivity index (χ1n) is 10.8. The number of pyridine rings is 1. The van der Waals surface area contributed by atoms with Crippen molar-refractivity contribution in [2.24, 2.45) is 0 Å². The number of nitrogens with zero attached hydrogens (tertiary/aromatic N) is 4. The van der Waals surface area contributed by atoms with E-state index < -0.39 is 11.7 Å². The number of carbonyl (C=O) groups excluding carboxylic acids is 1. The molecule has 1 amide bonds. The van der Waals surface area contributed by atoms with Crippen LogP contribution in [0.3, 0.4) is 0 Å². The molecule has 0 saturated heterocycles. The van der Waals surface area contributed by atoms with Gasteiger partial charge in [0.2, 0.25) is 0 Å². The molecule has 1 aliphatic carbocycles. The zero-order valence-corrected chi connectivity index (χ0v) is 18.4. The van der Waals surface area contributed by atoms with E-state index in [1.165, 1.54) is 6.07 Å². The van der Waals surface area contributed by atoms with Crippen LogP contribution in [0.15, 0.2) is 36.5 Å². The highest BCUT2D eigenvalue weighted by Crippen LogP contribution is 2.36. The van der Waals surface area contributed by atoms with Gasteiger partial charge in [-0.25, -0.2) is 19.2 Å². The molecular formula is C24H26FN5O2. The lowest BCUT2D eigenvalue weighted by molar-refractivity contribution is 0.0486. The Bertz CT molecular complexity index is 1190. The number of aromatic nitrogens is 3. The molecule has 2 atom stereocenters. The van der Waals surface area contributed by atoms with Crippen molar-refractivity contribution in [1.29, 1.82) is 5.26 Å². The summed E-state index contributed by atoms with van der Waals surface area (Å²) in [6, 6.07) is 10.2. The molecule has 0 unspecified atom stereocenters. The first kappa shape index (κ1) is 21.8. The van der Waals surface area contributed by atoms with E-state index >= 15 is 0 Å². The van der Waals surface area contributed by atoms with Gasteiger partial charge in [-0.2, -0.15) is 5.26 Å². The first-order chi connectivity index (χ1) is 15.2. The fraction of sp³-hybridized carbons (Fsp3) is 0.417. The molecule has 1 N–H and O–H groups in total. The minimum atomic E-state index is -0.572. The van der Waals surface area contributed by atoms with Crippen molar-refractivity contribution in [2.75, 3.05) is 0 Å². The molecule has 0 spiro atoms. The molecule has 1 aromatic carbocycles. The van der Waals surface area contributed by atoms with Gasteiger partial charge >= 0.3 is 6.09 Å². The van der Waals surface area contributed by atoms with Gasteiger partial charge in [-0.05, 0) is 58.6 Å². The molecule has 1 fully saturated rings. The van der Waals surface area contributed by atoms with Crippen LogP contribution in [0, 0.1) is 17.1 Å². The number of fused-ring (bicyclic) bond motifs is 1. The number of carbonyl (C=O) groups is 1. The zero-order valence-electron chi connectivity index (χ0n) is 18.4. The summed E-state index contributed by atoms with van der Waals surface area (Å²) in [5.41, 5.74) is 1.43. The second-order valence-electron chi connectivity index (χ2n) is 9.12. The molecule has 8 heteroatoms. The SMILES string of the molecule is CC(C)(C)OC(=O)N[C@H]1CCC[C@@H](n2c(-c3ccccc3F)nc3cnc(C#N)cc32)C1. The Labute approximate surface area is 186 Å². The molecule has 2 heterocycles. The Morgan fingerprint density at radius 1 is 1.31 bits per heavy atom. The van der Waals surface area contributed by atoms with E-state index in [9.17, 15) is 14.4 Å². The van der Waals surface area contributed by atoms with E-state index in [0.29, 0.717) is 23.3 Å². The van der Waals surface area contributed by atoms with E-state index in [1.807, 2.05) is 25.3 Å². The van der Waals surface area contributed by atoms with Crippen LogP contribution in [-0.4, -0.2) is 32.3 Å². The highest BCUT2D eigenvalue weighted by molar-refractivity contribution is 5.81. The molecule has 0 bridgehead atoms. The number of halogens is 1. The maximum atomic E-state index is 14.7. The van der Waals surface area contributed by atoms with Crippen LogP contribution in [0.25, 0.3) is 22.4 Å². The number of hydrogen-bond donors (Lipinski definition) is 1. The third-order valence-corrected chi connectivity index (χ3v) is 5.54. The van der Waals surface area contributed by atoms with Crippen LogP contribution in [0.4, 0.5) is 9.18 Å². The standard InChI is InChI=1S/C24H26FN5O2/c1-24(2,3)32-23(31)28-15-7-6-8-17(11-15)30-21-12-16(13-26)27-14-20(21)29-22(30)18-9-4-5-10-19(18)25/h4-5,9-10,12,14-15,17H,6-8,11H2,1-3H3,(H,28,31)/t15-,17+/m0/s1. The summed E-state index contributed by atoms with van der Waals surface area (Å²) in [6.07, 6.45) is 4.33. The van der Waals surface area contributed by atoms with Crippen LogP contribution in [0.2, 0.25) is 0 Å². The lowest BCUT2D eigenvalue weighted by Gasteiger charge is -2.32. The fourth-order valence-corrected chi connectivity index (χ4v) is 4.27. The average Bonchev–Trinajstić information content (AvgIpc) is 3.11. The minimum Gasteiger partial charge on any atom is -0.444 e. The lowest BCUT2D eigenvalue weighted by atomic mass is 9.90. The Morgan fingerprint density at radius 3 is 2.81 bits per heavy atom. The number of imidazole rings is 1. The van der Waals surface area contributed by atoms with Gasteiger partial charge in [0, 0.05) is 18.2 Å². The molecule has 0 radical (unpaired) electrons. The number of ether oxygens (including phenoxy) is 1. The van der Waals surface area contributed by atoms with E-state index in [1.54, 1.807) is 30.5 Å². The molecule has 3 aromatic rings. The summed E-state index contributed by atoms with van der Waals surface area (Å²) in [7, 11) is 0. The monoisotopic (exact) mass is 435 g/mol. The maximum absolute atomic E-state index is 14.7. The number of alkyl carbamates (subject to hydrolysis) is 1. The molecule has 1 saturated carbocycles. The molecule has 2 aromatic heterocycles. The van der Waals surface area contributed by atoms with Crippen molar-refractivity contribution in [3.8, 4) is 17.5 Å². The normalized spacial score (nSPS) is 18.8. The van der Waals surface area contributed by atoms with E-state index in [-0.39, 0.29) is 23.6 Å².